The summed E-state index contributed by atoms with van der Waals surface area (Å²) in [6.07, 6.45) is 2.18. The van der Waals surface area contributed by atoms with Crippen LogP contribution in [0.3, 0.4) is 0 Å². The second kappa shape index (κ2) is 8.86. The molecule has 2 N–H and O–H groups in total. The minimum Gasteiger partial charge on any atom is -0.520 e. The molecule has 0 aromatic rings. The van der Waals surface area contributed by atoms with Gasteiger partial charge in [0, 0.05) is 6.42 Å². The maximum atomic E-state index is 11.2. The van der Waals surface area contributed by atoms with E-state index in [-0.39, 0.29) is 19.4 Å². The molecule has 0 bridgehead atoms. The van der Waals surface area contributed by atoms with Crippen LogP contribution in [0.2, 0.25) is 0 Å². The van der Waals surface area contributed by atoms with Gasteiger partial charge < -0.3 is 20.3 Å². The van der Waals surface area contributed by atoms with Gasteiger partial charge in [0.2, 0.25) is 0 Å². The van der Waals surface area contributed by atoms with Crippen molar-refractivity contribution in [3.8, 4) is 0 Å². The number of carbonyl (C=O) groups excluding carboxylic acids is 3. The summed E-state index contributed by atoms with van der Waals surface area (Å²) < 4.78 is 4.67. The van der Waals surface area contributed by atoms with E-state index in [2.05, 4.69) is 10.1 Å². The zero-order chi connectivity index (χ0) is 11.7. The van der Waals surface area contributed by atoms with Gasteiger partial charge in [0.05, 0.1) is 18.9 Å². The van der Waals surface area contributed by atoms with Crippen molar-refractivity contribution in [3.05, 3.63) is 0 Å². The van der Waals surface area contributed by atoms with Crippen LogP contribution in [0.5, 0.6) is 0 Å². The summed E-state index contributed by atoms with van der Waals surface area (Å²) >= 11 is 0. The van der Waals surface area contributed by atoms with Gasteiger partial charge in [-0.1, -0.05) is 0 Å². The van der Waals surface area contributed by atoms with Gasteiger partial charge in [-0.15, -0.1) is 0 Å². The van der Waals surface area contributed by atoms with Crippen LogP contribution in [0, 0.1) is 5.41 Å². The molecule has 0 aliphatic carbocycles. The zero-order valence-corrected chi connectivity index (χ0v) is 11.1. The first kappa shape index (κ1) is 15.7. The van der Waals surface area contributed by atoms with Crippen molar-refractivity contribution in [2.24, 2.45) is 0 Å². The van der Waals surface area contributed by atoms with E-state index in [1.54, 1.807) is 6.92 Å². The van der Waals surface area contributed by atoms with Crippen molar-refractivity contribution in [2.75, 3.05) is 6.61 Å². The van der Waals surface area contributed by atoms with E-state index in [1.165, 1.54) is 6.41 Å². The molecule has 0 saturated carbocycles. The van der Waals surface area contributed by atoms with E-state index in [9.17, 15) is 14.4 Å². The fraction of sp³-hybridized carbons (Fsp3) is 0.556. The molecule has 0 saturated heterocycles. The topological polar surface area (TPSA) is 96.3 Å². The number of carbonyl (C=O) groups is 2. The van der Waals surface area contributed by atoms with Gasteiger partial charge in [-0.05, 0) is 13.3 Å². The predicted molar refractivity (Wildman–Crippen MR) is 52.3 cm³/mol. The standard InChI is InChI=1S/C9H13N2O4.Fm/c1-2-15-9(14)8(11-6-12)4-3-7(13)5-10;/h5,8,10H,2-4H2,1H3,(H,11,12);/q-1;. The molecule has 0 heterocycles. The monoisotopic (exact) mass is 470 g/mol. The van der Waals surface area contributed by atoms with Gasteiger partial charge in [-0.25, -0.2) is 4.79 Å². The molecular formula is C9H13FmN2O4-. The molecule has 1 atom stereocenters. The first-order valence-electron chi connectivity index (χ1n) is 4.48. The third-order valence-corrected chi connectivity index (χ3v) is 1.64. The fourth-order valence-corrected chi connectivity index (χ4v) is 0.922. The average molecular weight is 470 g/mol. The van der Waals surface area contributed by atoms with Crippen molar-refractivity contribution in [2.45, 2.75) is 25.8 Å². The smallest absolute Gasteiger partial charge is 0.325 e. The van der Waals surface area contributed by atoms with Crippen molar-refractivity contribution >= 4 is 24.4 Å². The minimum atomic E-state index is -0.869. The zero-order valence-electron chi connectivity index (χ0n) is 8.70. The van der Waals surface area contributed by atoms with E-state index in [4.69, 9.17) is 5.41 Å². The maximum absolute atomic E-state index is 11.2. The molecule has 0 aliphatic heterocycles. The fourth-order valence-electron chi connectivity index (χ4n) is 0.922. The summed E-state index contributed by atoms with van der Waals surface area (Å²) in [5.74, 6) is -1.00. The molecule has 0 spiro atoms. The average Bonchev–Trinajstić information content (AvgIpc) is 2.23. The molecule has 0 aromatic heterocycles. The van der Waals surface area contributed by atoms with E-state index >= 15 is 0 Å². The predicted octanol–water partition coefficient (Wildman–Crippen LogP) is -0.426. The van der Waals surface area contributed by atoms with E-state index < -0.39 is 17.8 Å². The van der Waals surface area contributed by atoms with Crippen molar-refractivity contribution in [1.29, 1.82) is 5.41 Å². The van der Waals surface area contributed by atoms with Crippen LogP contribution in [0.1, 0.15) is 19.8 Å². The Morgan fingerprint density at radius 2 is 2.19 bits per heavy atom. The molecule has 0 fully saturated rings. The van der Waals surface area contributed by atoms with Crippen molar-refractivity contribution in [1.82, 2.24) is 5.32 Å². The van der Waals surface area contributed by atoms with Gasteiger partial charge in [0.1, 0.15) is 0 Å². The van der Waals surface area contributed by atoms with Crippen LogP contribution in [0.4, 0.5) is 0 Å². The number of hydrogen-bond donors (Lipinski definition) is 2. The molecular weight excluding hydrogens is 457 g/mol. The summed E-state index contributed by atoms with van der Waals surface area (Å²) in [5.41, 5.74) is 0. The van der Waals surface area contributed by atoms with Crippen LogP contribution >= 0.6 is 0 Å². The number of hydrogen-bond acceptors (Lipinski definition) is 5. The number of ether oxygens (including phenoxy) is 1. The summed E-state index contributed by atoms with van der Waals surface area (Å²) in [6, 6.07) is -0.869. The Labute approximate surface area is 87.5 Å². The first-order chi connectivity index (χ1) is 7.15. The number of Topliss-reactive ketones (excluding diaryl/α,β-unsaturated/α-hetero) is 1. The van der Waals surface area contributed by atoms with Crippen LogP contribution in [-0.4, -0.2) is 37.0 Å². The van der Waals surface area contributed by atoms with Crippen molar-refractivity contribution in [3.63, 3.8) is 0 Å². The number of nitrogens with one attached hydrogen (secondary N) is 2. The Bertz CT molecular complexity index is 258. The molecule has 0 aromatic carbocycles. The van der Waals surface area contributed by atoms with Crippen LogP contribution in [0.25, 0.3) is 0 Å². The quantitative estimate of drug-likeness (QED) is 0.218. The second-order valence-electron chi connectivity index (χ2n) is 2.70. The second-order valence-corrected chi connectivity index (χ2v) is 2.70. The molecule has 96 valence electrons. The number of rotatable bonds is 8. The third-order valence-electron chi connectivity index (χ3n) is 1.64. The Kier molecular flexibility index (Phi) is 8.72. The number of amides is 1. The summed E-state index contributed by atoms with van der Waals surface area (Å²) in [6.45, 7) is 1.84. The SMILES string of the molecule is CCOC(=O)C(CCC(=O)C=N)N[C-]=O.[Fm]. The molecule has 0 radical (unpaired) electrons. The molecule has 1 unspecified atom stereocenters. The molecule has 6 nitrogen and oxygen atoms in total. The molecule has 7 heteroatoms. The Morgan fingerprint density at radius 3 is 2.62 bits per heavy atom. The number of esters is 1. The van der Waals surface area contributed by atoms with E-state index in [1.807, 2.05) is 0 Å². The van der Waals surface area contributed by atoms with Crippen molar-refractivity contribution < 1.29 is 19.1 Å². The Balaban J connectivity index is 0. The molecule has 0 rings (SSSR count). The van der Waals surface area contributed by atoms with Crippen LogP contribution in [-0.2, 0) is 19.1 Å². The normalized spacial score (nSPS) is 10.6. The summed E-state index contributed by atoms with van der Waals surface area (Å²) in [4.78, 5) is 32.0. The molecule has 1 amide bonds. The third kappa shape index (κ3) is 5.85. The van der Waals surface area contributed by atoms with Crippen LogP contribution < -0.4 is 5.32 Å². The van der Waals surface area contributed by atoms with Crippen LogP contribution in [0.15, 0.2) is 0 Å². The molecule has 16 heavy (non-hydrogen) atoms. The van der Waals surface area contributed by atoms with Gasteiger partial charge in [0.25, 0.3) is 0 Å². The Hall–Kier alpha value is -2.72. The van der Waals surface area contributed by atoms with Gasteiger partial charge >= 0.3 is 5.97 Å². The van der Waals surface area contributed by atoms with Gasteiger partial charge in [-0.2, -0.15) is 6.41 Å². The first-order valence-corrected chi connectivity index (χ1v) is 4.48. The molecule has 0 aliphatic rings. The summed E-state index contributed by atoms with van der Waals surface area (Å²) in [5, 5.41) is 8.79. The Morgan fingerprint density at radius 1 is 1.56 bits per heavy atom. The largest absolute Gasteiger partial charge is 0.520 e. The van der Waals surface area contributed by atoms with Gasteiger partial charge in [0.15, 0.2) is 5.78 Å². The summed E-state index contributed by atoms with van der Waals surface area (Å²) in [7, 11) is 0. The maximum Gasteiger partial charge on any atom is 0.325 e. The van der Waals surface area contributed by atoms with E-state index in [0.717, 1.165) is 0 Å². The minimum absolute atomic E-state index is 0. The van der Waals surface area contributed by atoms with Gasteiger partial charge in [-0.3, -0.25) is 4.79 Å². The number of ketones is 1. The van der Waals surface area contributed by atoms with E-state index in [0.29, 0.717) is 6.21 Å².